The summed E-state index contributed by atoms with van der Waals surface area (Å²) in [4.78, 5) is 31.9. The molecule has 0 saturated carbocycles. The Morgan fingerprint density at radius 1 is 0.741 bits per heavy atom. The second-order valence-electron chi connectivity index (χ2n) is 7.25. The summed E-state index contributed by atoms with van der Waals surface area (Å²) < 4.78 is 32.0. The van der Waals surface area contributed by atoms with Crippen molar-refractivity contribution in [3.63, 3.8) is 0 Å². The van der Waals surface area contributed by atoms with Crippen LogP contribution in [0.1, 0.15) is 79.1 Å². The maximum absolute atomic E-state index is 12.3. The summed E-state index contributed by atoms with van der Waals surface area (Å²) in [6.45, 7) is 9.00. The van der Waals surface area contributed by atoms with E-state index >= 15 is 0 Å². The third kappa shape index (κ3) is 22.7. The van der Waals surface area contributed by atoms with E-state index < -0.39 is 28.9 Å². The Hall–Kier alpha value is 0.530. The fourth-order valence-electron chi connectivity index (χ4n) is 2.85. The van der Waals surface area contributed by atoms with Crippen LogP contribution in [0.25, 0.3) is 0 Å². The predicted molar refractivity (Wildman–Crippen MR) is 114 cm³/mol. The van der Waals surface area contributed by atoms with Gasteiger partial charge in [0.1, 0.15) is 0 Å². The maximum Gasteiger partial charge on any atom is 0.337 e. The highest BCUT2D eigenvalue weighted by Gasteiger charge is 2.26. The van der Waals surface area contributed by atoms with Crippen molar-refractivity contribution < 1.29 is 33.3 Å². The molecule has 0 spiro atoms. The Kier molecular flexibility index (Phi) is 18.0. The highest BCUT2D eigenvalue weighted by Crippen LogP contribution is 2.51. The fraction of sp³-hybridized carbons (Fsp3) is 1.00. The first-order chi connectivity index (χ1) is 12.4. The zero-order valence-corrected chi connectivity index (χ0v) is 20.1. The van der Waals surface area contributed by atoms with Crippen LogP contribution < -0.4 is 0 Å². The van der Waals surface area contributed by atoms with Gasteiger partial charge < -0.3 is 24.1 Å². The lowest BCUT2D eigenvalue weighted by Crippen LogP contribution is -2.07. The average Bonchev–Trinajstić information content (AvgIpc) is 2.52. The zero-order chi connectivity index (χ0) is 21.5. The van der Waals surface area contributed by atoms with Crippen molar-refractivity contribution in [1.29, 1.82) is 0 Å². The topological polar surface area (TPSA) is 132 Å². The van der Waals surface area contributed by atoms with Gasteiger partial charge in [0.25, 0.3) is 0 Å². The van der Waals surface area contributed by atoms with Crippen molar-refractivity contribution >= 4 is 23.0 Å². The Bertz CT molecular complexity index is 433. The lowest BCUT2D eigenvalue weighted by atomic mass is 10.0. The molecule has 7 nitrogen and oxygen atoms in total. The molecule has 0 bridgehead atoms. The normalized spacial score (nSPS) is 15.6. The molecular formula is C17H41O7P3. The van der Waals surface area contributed by atoms with Crippen LogP contribution >= 0.6 is 23.0 Å². The minimum absolute atomic E-state index is 0.722. The molecule has 0 rings (SSSR count). The first-order valence-corrected chi connectivity index (χ1v) is 15.4. The Morgan fingerprint density at radius 2 is 1.07 bits per heavy atom. The molecule has 2 unspecified atom stereocenters. The van der Waals surface area contributed by atoms with Gasteiger partial charge in [0.05, 0.1) is 7.80 Å². The van der Waals surface area contributed by atoms with Gasteiger partial charge in [-0.25, -0.2) is 0 Å². The molecule has 4 N–H and O–H groups in total. The van der Waals surface area contributed by atoms with Gasteiger partial charge in [0.2, 0.25) is 0 Å². The Balaban J connectivity index is 0. The summed E-state index contributed by atoms with van der Waals surface area (Å²) in [6.07, 6.45) is 12.2. The molecule has 0 aromatic carbocycles. The lowest BCUT2D eigenvalue weighted by molar-refractivity contribution is 0.357. The molecule has 0 amide bonds. The van der Waals surface area contributed by atoms with Crippen LogP contribution in [-0.4, -0.2) is 37.8 Å². The predicted octanol–water partition coefficient (Wildman–Crippen LogP) is 5.28. The largest absolute Gasteiger partial charge is 0.337 e. The van der Waals surface area contributed by atoms with Gasteiger partial charge in [-0.1, -0.05) is 79.1 Å². The van der Waals surface area contributed by atoms with Gasteiger partial charge in [-0.2, -0.15) is 0 Å². The minimum Gasteiger partial charge on any atom is -0.327 e. The van der Waals surface area contributed by atoms with E-state index in [0.717, 1.165) is 24.2 Å². The van der Waals surface area contributed by atoms with Crippen LogP contribution in [0.3, 0.4) is 0 Å². The van der Waals surface area contributed by atoms with Gasteiger partial charge in [-0.15, -0.1) is 0 Å². The molecule has 0 radical (unpaired) electrons. The van der Waals surface area contributed by atoms with Crippen molar-refractivity contribution in [2.45, 2.75) is 79.1 Å². The summed E-state index contributed by atoms with van der Waals surface area (Å²) in [5, 5.41) is 0. The van der Waals surface area contributed by atoms with Crippen LogP contribution in [0.4, 0.5) is 0 Å². The Morgan fingerprint density at radius 3 is 1.26 bits per heavy atom. The van der Waals surface area contributed by atoms with Gasteiger partial charge >= 0.3 is 15.2 Å². The first-order valence-electron chi connectivity index (χ1n) is 9.99. The Labute approximate surface area is 165 Å². The maximum atomic E-state index is 12.3. The third-order valence-electron chi connectivity index (χ3n) is 4.49. The van der Waals surface area contributed by atoms with Crippen molar-refractivity contribution in [1.82, 2.24) is 0 Å². The highest BCUT2D eigenvalue weighted by molar-refractivity contribution is 7.69. The lowest BCUT2D eigenvalue weighted by Gasteiger charge is -2.18. The molecule has 27 heavy (non-hydrogen) atoms. The number of unbranched alkanes of at least 4 members (excludes halogenated alkanes) is 2. The standard InChI is InChI=1S/C16H35OP.CH6O6P2/c1-5-9-11-15(7-3)13-18(17)14-16(8-4)12-10-6-2;2-8(3,4)1-9(5,6)7/h15-16,18H,5-14H2,1-4H3;1H2,(H2,2,3,4)(H2,5,6,7). The minimum atomic E-state index is -4.55. The molecular weight excluding hydrogens is 409 g/mol. The number of hydrogen-bond acceptors (Lipinski definition) is 3. The van der Waals surface area contributed by atoms with Crippen molar-refractivity contribution in [2.24, 2.45) is 11.8 Å². The molecule has 0 heterocycles. The van der Waals surface area contributed by atoms with E-state index in [1.165, 1.54) is 51.4 Å². The molecule has 166 valence electrons. The fourth-order valence-corrected chi connectivity index (χ4v) is 7.21. The summed E-state index contributed by atoms with van der Waals surface area (Å²) in [5.41, 5.74) is 0. The third-order valence-corrected chi connectivity index (χ3v) is 9.50. The van der Waals surface area contributed by atoms with Gasteiger partial charge in [0.15, 0.2) is 5.90 Å². The van der Waals surface area contributed by atoms with E-state index in [1.54, 1.807) is 0 Å². The van der Waals surface area contributed by atoms with Crippen molar-refractivity contribution in [3.05, 3.63) is 0 Å². The second kappa shape index (κ2) is 16.3. The first kappa shape index (κ1) is 29.7. The van der Waals surface area contributed by atoms with E-state index in [-0.39, 0.29) is 0 Å². The van der Waals surface area contributed by atoms with Crippen LogP contribution in [0, 0.1) is 11.8 Å². The van der Waals surface area contributed by atoms with Crippen molar-refractivity contribution in [2.75, 3.05) is 18.2 Å². The quantitative estimate of drug-likeness (QED) is 0.265. The molecule has 0 aromatic rings. The smallest absolute Gasteiger partial charge is 0.327 e. The molecule has 0 saturated heterocycles. The van der Waals surface area contributed by atoms with Crippen LogP contribution in [0.5, 0.6) is 0 Å². The summed E-state index contributed by atoms with van der Waals surface area (Å²) >= 11 is 0. The van der Waals surface area contributed by atoms with Gasteiger partial charge in [0, 0.05) is 12.3 Å². The van der Waals surface area contributed by atoms with Crippen molar-refractivity contribution in [3.8, 4) is 0 Å². The molecule has 2 atom stereocenters. The molecule has 0 aliphatic heterocycles. The summed E-state index contributed by atoms with van der Waals surface area (Å²) in [7, 11) is -10.4. The van der Waals surface area contributed by atoms with Crippen LogP contribution in [0.15, 0.2) is 0 Å². The molecule has 0 aliphatic rings. The monoisotopic (exact) mass is 450 g/mol. The summed E-state index contributed by atoms with van der Waals surface area (Å²) in [5.74, 6) is 0.0695. The molecule has 0 aromatic heterocycles. The van der Waals surface area contributed by atoms with E-state index in [1.807, 2.05) is 0 Å². The average molecular weight is 450 g/mol. The number of rotatable bonds is 14. The van der Waals surface area contributed by atoms with Gasteiger partial charge in [-0.3, -0.25) is 9.13 Å². The van der Waals surface area contributed by atoms with E-state index in [4.69, 9.17) is 19.6 Å². The SMILES string of the molecule is CCCCC(CC)C[PH](=O)CC(CC)CCCC.O=P(O)(O)CP(=O)(O)O. The van der Waals surface area contributed by atoms with Crippen LogP contribution in [0.2, 0.25) is 0 Å². The van der Waals surface area contributed by atoms with Crippen LogP contribution in [-0.2, 0) is 13.7 Å². The molecule has 0 fully saturated rings. The molecule has 0 aliphatic carbocycles. The van der Waals surface area contributed by atoms with E-state index in [0.29, 0.717) is 0 Å². The second-order valence-corrected chi connectivity index (χ2v) is 12.9. The zero-order valence-electron chi connectivity index (χ0n) is 17.3. The van der Waals surface area contributed by atoms with E-state index in [2.05, 4.69) is 27.7 Å². The summed E-state index contributed by atoms with van der Waals surface area (Å²) in [6, 6.07) is 0. The highest BCUT2D eigenvalue weighted by atomic mass is 31.2. The van der Waals surface area contributed by atoms with E-state index in [9.17, 15) is 13.7 Å². The number of hydrogen-bond donors (Lipinski definition) is 4. The van der Waals surface area contributed by atoms with Gasteiger partial charge in [-0.05, 0) is 11.8 Å². The molecule has 10 heteroatoms.